The van der Waals surface area contributed by atoms with Crippen molar-refractivity contribution in [2.75, 3.05) is 19.8 Å². The highest BCUT2D eigenvalue weighted by Crippen LogP contribution is 2.32. The van der Waals surface area contributed by atoms with Crippen molar-refractivity contribution in [1.29, 1.82) is 0 Å². The van der Waals surface area contributed by atoms with E-state index >= 15 is 0 Å². The zero-order valence-electron chi connectivity index (χ0n) is 12.8. The zero-order chi connectivity index (χ0) is 16.4. The van der Waals surface area contributed by atoms with Crippen LogP contribution >= 0.6 is 0 Å². The third kappa shape index (κ3) is 3.94. The Morgan fingerprint density at radius 2 is 2.00 bits per heavy atom. The van der Waals surface area contributed by atoms with Gasteiger partial charge in [0.15, 0.2) is 11.5 Å². The van der Waals surface area contributed by atoms with Crippen LogP contribution in [0.25, 0.3) is 0 Å². The molecule has 0 bridgehead atoms. The van der Waals surface area contributed by atoms with Gasteiger partial charge in [0.2, 0.25) is 0 Å². The van der Waals surface area contributed by atoms with Gasteiger partial charge in [-0.05, 0) is 37.8 Å². The van der Waals surface area contributed by atoms with Gasteiger partial charge < -0.3 is 14.2 Å². The Balaban J connectivity index is 1.66. The molecule has 23 heavy (non-hydrogen) atoms. The van der Waals surface area contributed by atoms with Gasteiger partial charge in [-0.15, -0.1) is 0 Å². The molecule has 0 saturated heterocycles. The van der Waals surface area contributed by atoms with Gasteiger partial charge in [-0.2, -0.15) is 0 Å². The van der Waals surface area contributed by atoms with Crippen molar-refractivity contribution in [2.24, 2.45) is 5.92 Å². The summed E-state index contributed by atoms with van der Waals surface area (Å²) in [5.74, 6) is 0.660. The number of fused-ring (bicyclic) bond motifs is 1. The van der Waals surface area contributed by atoms with Gasteiger partial charge in [0.25, 0.3) is 15.9 Å². The summed E-state index contributed by atoms with van der Waals surface area (Å²) in [6.45, 7) is 2.80. The Hall–Kier alpha value is -1.80. The van der Waals surface area contributed by atoms with Crippen molar-refractivity contribution in [3.63, 3.8) is 0 Å². The second-order valence-corrected chi connectivity index (χ2v) is 7.38. The van der Waals surface area contributed by atoms with Gasteiger partial charge >= 0.3 is 0 Å². The molecule has 1 aromatic rings. The first-order valence-corrected chi connectivity index (χ1v) is 9.02. The number of benzene rings is 1. The SMILES string of the molecule is C[C@H](OCC1CC1)C(=O)NS(=O)(=O)c1ccc2c(c1)OCCO2. The number of rotatable bonds is 6. The Morgan fingerprint density at radius 1 is 1.30 bits per heavy atom. The standard InChI is InChI=1S/C15H19NO6S/c1-10(22-9-11-2-3-11)15(17)16-23(18,19)12-4-5-13-14(8-12)21-7-6-20-13/h4-5,8,10-11H,2-3,6-7,9H2,1H3,(H,16,17)/t10-/m0/s1. The van der Waals surface area contributed by atoms with E-state index in [0.717, 1.165) is 12.8 Å². The lowest BCUT2D eigenvalue weighted by Gasteiger charge is -2.19. The lowest BCUT2D eigenvalue weighted by atomic mass is 10.3. The van der Waals surface area contributed by atoms with E-state index < -0.39 is 22.0 Å². The zero-order valence-corrected chi connectivity index (χ0v) is 13.6. The van der Waals surface area contributed by atoms with E-state index in [0.29, 0.717) is 37.2 Å². The average Bonchev–Trinajstić information content (AvgIpc) is 3.36. The van der Waals surface area contributed by atoms with E-state index in [1.54, 1.807) is 0 Å². The average molecular weight is 341 g/mol. The summed E-state index contributed by atoms with van der Waals surface area (Å²) >= 11 is 0. The first kappa shape index (κ1) is 16.1. The molecule has 1 atom stereocenters. The summed E-state index contributed by atoms with van der Waals surface area (Å²) < 4.78 is 42.7. The molecule has 126 valence electrons. The summed E-state index contributed by atoms with van der Waals surface area (Å²) in [6.07, 6.45) is 1.39. The largest absolute Gasteiger partial charge is 0.486 e. The maximum atomic E-state index is 12.3. The molecule has 1 saturated carbocycles. The number of sulfonamides is 1. The highest BCUT2D eigenvalue weighted by atomic mass is 32.2. The highest BCUT2D eigenvalue weighted by molar-refractivity contribution is 7.90. The molecule has 1 heterocycles. The van der Waals surface area contributed by atoms with E-state index in [2.05, 4.69) is 0 Å². The van der Waals surface area contributed by atoms with E-state index in [9.17, 15) is 13.2 Å². The van der Waals surface area contributed by atoms with Crippen molar-refractivity contribution < 1.29 is 27.4 Å². The lowest BCUT2D eigenvalue weighted by Crippen LogP contribution is -2.38. The first-order chi connectivity index (χ1) is 11.0. The Kier molecular flexibility index (Phi) is 4.45. The van der Waals surface area contributed by atoms with Gasteiger partial charge in [0.05, 0.1) is 11.5 Å². The molecule has 0 unspecified atom stereocenters. The molecule has 3 rings (SSSR count). The maximum Gasteiger partial charge on any atom is 0.264 e. The molecular weight excluding hydrogens is 322 g/mol. The summed E-state index contributed by atoms with van der Waals surface area (Å²) in [7, 11) is -3.98. The van der Waals surface area contributed by atoms with E-state index in [4.69, 9.17) is 14.2 Å². The van der Waals surface area contributed by atoms with Crippen LogP contribution in [0.5, 0.6) is 11.5 Å². The van der Waals surface area contributed by atoms with Crippen molar-refractivity contribution >= 4 is 15.9 Å². The number of hydrogen-bond donors (Lipinski definition) is 1. The van der Waals surface area contributed by atoms with Gasteiger partial charge in [-0.3, -0.25) is 4.79 Å². The van der Waals surface area contributed by atoms with Gasteiger partial charge in [0, 0.05) is 6.07 Å². The first-order valence-electron chi connectivity index (χ1n) is 7.53. The van der Waals surface area contributed by atoms with Crippen LogP contribution in [0.4, 0.5) is 0 Å². The topological polar surface area (TPSA) is 90.9 Å². The minimum absolute atomic E-state index is 0.0514. The van der Waals surface area contributed by atoms with E-state index in [1.165, 1.54) is 25.1 Å². The fourth-order valence-electron chi connectivity index (χ4n) is 2.11. The molecule has 1 N–H and O–H groups in total. The maximum absolute atomic E-state index is 12.3. The lowest BCUT2D eigenvalue weighted by molar-refractivity contribution is -0.130. The Labute approximate surface area is 135 Å². The molecule has 7 nitrogen and oxygen atoms in total. The number of carbonyl (C=O) groups excluding carboxylic acids is 1. The van der Waals surface area contributed by atoms with Crippen molar-refractivity contribution in [3.05, 3.63) is 18.2 Å². The van der Waals surface area contributed by atoms with E-state index in [-0.39, 0.29) is 4.90 Å². The predicted octanol–water partition coefficient (Wildman–Crippen LogP) is 1.08. The molecule has 2 aliphatic rings. The number of ether oxygens (including phenoxy) is 3. The van der Waals surface area contributed by atoms with Crippen LogP contribution < -0.4 is 14.2 Å². The summed E-state index contributed by atoms with van der Waals surface area (Å²) in [5, 5.41) is 0. The quantitative estimate of drug-likeness (QED) is 0.832. The molecule has 8 heteroatoms. The molecule has 1 aliphatic heterocycles. The molecule has 0 aromatic heterocycles. The second-order valence-electron chi connectivity index (χ2n) is 5.69. The normalized spacial score (nSPS) is 18.3. The number of hydrogen-bond acceptors (Lipinski definition) is 6. The minimum Gasteiger partial charge on any atom is -0.486 e. The van der Waals surface area contributed by atoms with Gasteiger partial charge in [0.1, 0.15) is 19.3 Å². The summed E-state index contributed by atoms with van der Waals surface area (Å²) in [4.78, 5) is 11.9. The molecule has 1 aliphatic carbocycles. The molecule has 1 fully saturated rings. The van der Waals surface area contributed by atoms with Crippen molar-refractivity contribution in [3.8, 4) is 11.5 Å². The third-order valence-corrected chi connectivity index (χ3v) is 5.05. The van der Waals surface area contributed by atoms with Gasteiger partial charge in [-0.1, -0.05) is 0 Å². The molecule has 0 radical (unpaired) electrons. The van der Waals surface area contributed by atoms with Crippen molar-refractivity contribution in [1.82, 2.24) is 4.72 Å². The van der Waals surface area contributed by atoms with Gasteiger partial charge in [-0.25, -0.2) is 13.1 Å². The summed E-state index contributed by atoms with van der Waals surface area (Å²) in [6, 6.07) is 4.24. The van der Waals surface area contributed by atoms with Crippen LogP contribution in [0.2, 0.25) is 0 Å². The molecule has 0 spiro atoms. The number of amides is 1. The van der Waals surface area contributed by atoms with Crippen LogP contribution in [-0.4, -0.2) is 40.2 Å². The third-order valence-electron chi connectivity index (χ3n) is 3.71. The predicted molar refractivity (Wildman–Crippen MR) is 80.9 cm³/mol. The monoisotopic (exact) mass is 341 g/mol. The van der Waals surface area contributed by atoms with E-state index in [1.807, 2.05) is 4.72 Å². The fourth-order valence-corrected chi connectivity index (χ4v) is 3.16. The smallest absolute Gasteiger partial charge is 0.264 e. The summed E-state index contributed by atoms with van der Waals surface area (Å²) in [5.41, 5.74) is 0. The Bertz CT molecular complexity index is 698. The second kappa shape index (κ2) is 6.37. The van der Waals surface area contributed by atoms with Crippen molar-refractivity contribution in [2.45, 2.75) is 30.8 Å². The molecule has 1 amide bonds. The molecule has 1 aromatic carbocycles. The highest BCUT2D eigenvalue weighted by Gasteiger charge is 2.27. The van der Waals surface area contributed by atoms with Crippen LogP contribution in [0.1, 0.15) is 19.8 Å². The van der Waals surface area contributed by atoms with Crippen LogP contribution in [-0.2, 0) is 19.6 Å². The Morgan fingerprint density at radius 3 is 2.70 bits per heavy atom. The van der Waals surface area contributed by atoms with Crippen LogP contribution in [0, 0.1) is 5.92 Å². The number of carbonyl (C=O) groups is 1. The minimum atomic E-state index is -3.98. The van der Waals surface area contributed by atoms with Crippen LogP contribution in [0.3, 0.4) is 0 Å². The fraction of sp³-hybridized carbons (Fsp3) is 0.533. The molecular formula is C15H19NO6S. The van der Waals surface area contributed by atoms with Crippen LogP contribution in [0.15, 0.2) is 23.1 Å². The number of nitrogens with one attached hydrogen (secondary N) is 1.